The monoisotopic (exact) mass is 185 g/mol. The van der Waals surface area contributed by atoms with Gasteiger partial charge in [-0.25, -0.2) is 4.79 Å². The molecule has 0 radical (unpaired) electrons. The second-order valence-corrected chi connectivity index (χ2v) is 3.15. The van der Waals surface area contributed by atoms with Crippen LogP contribution < -0.4 is 0 Å². The zero-order valence-corrected chi connectivity index (χ0v) is 8.71. The molecule has 0 saturated heterocycles. The maximum Gasteiger partial charge on any atom is 0.331 e. The summed E-state index contributed by atoms with van der Waals surface area (Å²) in [5.41, 5.74) is 0.503. The number of carboxylic acid groups (broad SMARTS) is 1. The van der Waals surface area contributed by atoms with Crippen molar-refractivity contribution in [3.05, 3.63) is 11.6 Å². The Balaban J connectivity index is 3.98. The zero-order chi connectivity index (χ0) is 10.3. The third kappa shape index (κ3) is 5.42. The predicted octanol–water partition coefficient (Wildman–Crippen LogP) is 1.75. The lowest BCUT2D eigenvalue weighted by atomic mass is 10.2. The molecule has 0 spiro atoms. The standard InChI is InChI=1S/C10H19NO2/c1-4-7-11(3)8-6-9(5-2)10(12)13/h6H,4-5,7-8H2,1-3H3,(H,12,13). The minimum Gasteiger partial charge on any atom is -0.478 e. The molecule has 0 aliphatic carbocycles. The first kappa shape index (κ1) is 12.2. The average molecular weight is 185 g/mol. The van der Waals surface area contributed by atoms with Gasteiger partial charge in [-0.15, -0.1) is 0 Å². The molecule has 1 N–H and O–H groups in total. The van der Waals surface area contributed by atoms with Crippen LogP contribution in [-0.2, 0) is 4.79 Å². The third-order valence-corrected chi connectivity index (χ3v) is 1.91. The lowest BCUT2D eigenvalue weighted by molar-refractivity contribution is -0.132. The molecule has 0 unspecified atom stereocenters. The summed E-state index contributed by atoms with van der Waals surface area (Å²) in [4.78, 5) is 12.7. The number of hydrogen-bond donors (Lipinski definition) is 1. The Kier molecular flexibility index (Phi) is 6.24. The summed E-state index contributed by atoms with van der Waals surface area (Å²) in [5.74, 6) is -0.799. The van der Waals surface area contributed by atoms with Gasteiger partial charge in [-0.3, -0.25) is 0 Å². The molecule has 0 rings (SSSR count). The summed E-state index contributed by atoms with van der Waals surface area (Å²) < 4.78 is 0. The zero-order valence-electron chi connectivity index (χ0n) is 8.71. The Bertz CT molecular complexity index is 187. The van der Waals surface area contributed by atoms with Crippen molar-refractivity contribution in [2.45, 2.75) is 26.7 Å². The van der Waals surface area contributed by atoms with Crippen molar-refractivity contribution in [1.82, 2.24) is 4.90 Å². The smallest absolute Gasteiger partial charge is 0.331 e. The number of carboxylic acids is 1. The molecule has 0 saturated carbocycles. The molecule has 0 aliphatic heterocycles. The number of nitrogens with zero attached hydrogens (tertiary/aromatic N) is 1. The van der Waals surface area contributed by atoms with Crippen LogP contribution in [0.1, 0.15) is 26.7 Å². The van der Waals surface area contributed by atoms with Gasteiger partial charge in [0.25, 0.3) is 0 Å². The Hall–Kier alpha value is -0.830. The van der Waals surface area contributed by atoms with E-state index in [0.717, 1.165) is 19.5 Å². The van der Waals surface area contributed by atoms with E-state index in [1.807, 2.05) is 14.0 Å². The van der Waals surface area contributed by atoms with Crippen LogP contribution in [0.25, 0.3) is 0 Å². The fourth-order valence-corrected chi connectivity index (χ4v) is 1.12. The van der Waals surface area contributed by atoms with Gasteiger partial charge in [0.1, 0.15) is 0 Å². The highest BCUT2D eigenvalue weighted by atomic mass is 16.4. The molecule has 0 amide bonds. The number of hydrogen-bond acceptors (Lipinski definition) is 2. The van der Waals surface area contributed by atoms with E-state index in [9.17, 15) is 4.79 Å². The van der Waals surface area contributed by atoms with Crippen LogP contribution >= 0.6 is 0 Å². The van der Waals surface area contributed by atoms with Crippen LogP contribution in [0.3, 0.4) is 0 Å². The highest BCUT2D eigenvalue weighted by Gasteiger charge is 2.03. The minimum atomic E-state index is -0.799. The first-order chi connectivity index (χ1) is 6.11. The van der Waals surface area contributed by atoms with Crippen LogP contribution in [-0.4, -0.2) is 36.1 Å². The molecule has 0 atom stereocenters. The first-order valence-electron chi connectivity index (χ1n) is 4.72. The van der Waals surface area contributed by atoms with Crippen LogP contribution in [0.5, 0.6) is 0 Å². The van der Waals surface area contributed by atoms with E-state index in [4.69, 9.17) is 5.11 Å². The number of likely N-dealkylation sites (N-methyl/N-ethyl adjacent to an activating group) is 1. The number of carbonyl (C=O) groups is 1. The van der Waals surface area contributed by atoms with Crippen LogP contribution in [0, 0.1) is 0 Å². The normalized spacial score (nSPS) is 12.2. The highest BCUT2D eigenvalue weighted by Crippen LogP contribution is 2.00. The molecule has 76 valence electrons. The van der Waals surface area contributed by atoms with Crippen LogP contribution in [0.4, 0.5) is 0 Å². The molecule has 0 fully saturated rings. The minimum absolute atomic E-state index is 0.503. The summed E-state index contributed by atoms with van der Waals surface area (Å²) in [6.45, 7) is 5.70. The SMILES string of the molecule is CCCN(C)CC=C(CC)C(=O)O. The molecule has 0 aromatic heterocycles. The van der Waals surface area contributed by atoms with Gasteiger partial charge < -0.3 is 10.0 Å². The van der Waals surface area contributed by atoms with E-state index in [1.54, 1.807) is 6.08 Å². The lowest BCUT2D eigenvalue weighted by Gasteiger charge is -2.12. The van der Waals surface area contributed by atoms with Gasteiger partial charge in [0.2, 0.25) is 0 Å². The highest BCUT2D eigenvalue weighted by molar-refractivity contribution is 5.86. The van der Waals surface area contributed by atoms with E-state index in [-0.39, 0.29) is 0 Å². The Morgan fingerprint density at radius 3 is 2.46 bits per heavy atom. The van der Waals surface area contributed by atoms with Gasteiger partial charge in [0.15, 0.2) is 0 Å². The Morgan fingerprint density at radius 2 is 2.08 bits per heavy atom. The molecule has 13 heavy (non-hydrogen) atoms. The van der Waals surface area contributed by atoms with E-state index in [0.29, 0.717) is 12.0 Å². The van der Waals surface area contributed by atoms with Crippen molar-refractivity contribution in [3.8, 4) is 0 Å². The van der Waals surface area contributed by atoms with E-state index < -0.39 is 5.97 Å². The molecule has 3 heteroatoms. The van der Waals surface area contributed by atoms with Crippen LogP contribution in [0.2, 0.25) is 0 Å². The van der Waals surface area contributed by atoms with Gasteiger partial charge in [-0.05, 0) is 26.4 Å². The Labute approximate surface area is 80.0 Å². The summed E-state index contributed by atoms with van der Waals surface area (Å²) in [7, 11) is 2.00. The van der Waals surface area contributed by atoms with E-state index in [1.165, 1.54) is 0 Å². The molecule has 0 aliphatic rings. The van der Waals surface area contributed by atoms with Crippen molar-refractivity contribution < 1.29 is 9.90 Å². The molecule has 0 bridgehead atoms. The fourth-order valence-electron chi connectivity index (χ4n) is 1.12. The first-order valence-corrected chi connectivity index (χ1v) is 4.72. The number of aliphatic carboxylic acids is 1. The van der Waals surface area contributed by atoms with Gasteiger partial charge >= 0.3 is 5.97 Å². The number of rotatable bonds is 6. The van der Waals surface area contributed by atoms with Gasteiger partial charge in [0, 0.05) is 12.1 Å². The fraction of sp³-hybridized carbons (Fsp3) is 0.700. The molecule has 0 aromatic rings. The van der Waals surface area contributed by atoms with E-state index >= 15 is 0 Å². The average Bonchev–Trinajstić information content (AvgIpc) is 2.05. The Morgan fingerprint density at radius 1 is 1.46 bits per heavy atom. The molecular weight excluding hydrogens is 166 g/mol. The van der Waals surface area contributed by atoms with Gasteiger partial charge in [0.05, 0.1) is 0 Å². The predicted molar refractivity (Wildman–Crippen MR) is 53.8 cm³/mol. The topological polar surface area (TPSA) is 40.5 Å². The lowest BCUT2D eigenvalue weighted by Crippen LogP contribution is -2.19. The van der Waals surface area contributed by atoms with Gasteiger partial charge in [-0.1, -0.05) is 19.9 Å². The van der Waals surface area contributed by atoms with Crippen molar-refractivity contribution in [2.24, 2.45) is 0 Å². The van der Waals surface area contributed by atoms with Gasteiger partial charge in [-0.2, -0.15) is 0 Å². The maximum atomic E-state index is 10.6. The quantitative estimate of drug-likeness (QED) is 0.641. The summed E-state index contributed by atoms with van der Waals surface area (Å²) >= 11 is 0. The molecular formula is C10H19NO2. The van der Waals surface area contributed by atoms with Crippen molar-refractivity contribution in [3.63, 3.8) is 0 Å². The largest absolute Gasteiger partial charge is 0.478 e. The van der Waals surface area contributed by atoms with Crippen molar-refractivity contribution in [1.29, 1.82) is 0 Å². The molecule has 3 nitrogen and oxygen atoms in total. The second-order valence-electron chi connectivity index (χ2n) is 3.15. The molecule has 0 heterocycles. The van der Waals surface area contributed by atoms with E-state index in [2.05, 4.69) is 11.8 Å². The molecule has 0 aromatic carbocycles. The van der Waals surface area contributed by atoms with Crippen LogP contribution in [0.15, 0.2) is 11.6 Å². The second kappa shape index (κ2) is 6.66. The maximum absolute atomic E-state index is 10.6. The summed E-state index contributed by atoms with van der Waals surface area (Å²) in [5, 5.41) is 8.73. The van der Waals surface area contributed by atoms with Crippen molar-refractivity contribution >= 4 is 5.97 Å². The summed E-state index contributed by atoms with van der Waals surface area (Å²) in [6, 6.07) is 0. The summed E-state index contributed by atoms with van der Waals surface area (Å²) in [6.07, 6.45) is 3.48. The third-order valence-electron chi connectivity index (χ3n) is 1.91. The van der Waals surface area contributed by atoms with Crippen molar-refractivity contribution in [2.75, 3.05) is 20.1 Å².